The number of aromatic amines is 1. The standard InChI is InChI=1S/C19H18N2/c1-2-15-16-9-5-6-10-17(16)21-19(15)18-11-13-7-3-4-8-14(13)12-20-18/h2,5-6,9-12,21H,1,3-4,7-8H2. The van der Waals surface area contributed by atoms with Crippen LogP contribution in [0.4, 0.5) is 0 Å². The molecule has 2 aromatic heterocycles. The number of hydrogen-bond donors (Lipinski definition) is 1. The van der Waals surface area contributed by atoms with E-state index in [0.29, 0.717) is 0 Å². The maximum atomic E-state index is 4.69. The van der Waals surface area contributed by atoms with Crippen molar-refractivity contribution in [1.82, 2.24) is 9.97 Å². The van der Waals surface area contributed by atoms with Gasteiger partial charge in [-0.2, -0.15) is 0 Å². The average Bonchev–Trinajstić information content (AvgIpc) is 2.93. The number of aromatic nitrogens is 2. The molecular formula is C19H18N2. The van der Waals surface area contributed by atoms with Crippen molar-refractivity contribution in [2.45, 2.75) is 25.7 Å². The maximum absolute atomic E-state index is 4.69. The number of fused-ring (bicyclic) bond motifs is 2. The van der Waals surface area contributed by atoms with E-state index in [0.717, 1.165) is 22.5 Å². The van der Waals surface area contributed by atoms with E-state index >= 15 is 0 Å². The van der Waals surface area contributed by atoms with Gasteiger partial charge in [0.05, 0.1) is 11.4 Å². The monoisotopic (exact) mass is 274 g/mol. The highest BCUT2D eigenvalue weighted by Gasteiger charge is 2.15. The number of H-pyrrole nitrogens is 1. The van der Waals surface area contributed by atoms with E-state index in [2.05, 4.69) is 53.1 Å². The van der Waals surface area contributed by atoms with Crippen molar-refractivity contribution in [2.75, 3.05) is 0 Å². The number of hydrogen-bond acceptors (Lipinski definition) is 1. The van der Waals surface area contributed by atoms with Gasteiger partial charge in [0.2, 0.25) is 0 Å². The first kappa shape index (κ1) is 12.4. The lowest BCUT2D eigenvalue weighted by molar-refractivity contribution is 0.682. The molecule has 0 saturated carbocycles. The molecule has 0 aliphatic heterocycles. The van der Waals surface area contributed by atoms with Gasteiger partial charge in [-0.05, 0) is 48.9 Å². The van der Waals surface area contributed by atoms with Crippen molar-refractivity contribution in [3.05, 3.63) is 59.8 Å². The first-order valence-electron chi connectivity index (χ1n) is 7.58. The normalized spacial score (nSPS) is 14.1. The van der Waals surface area contributed by atoms with Crippen LogP contribution >= 0.6 is 0 Å². The van der Waals surface area contributed by atoms with Gasteiger partial charge in [0.15, 0.2) is 0 Å². The maximum Gasteiger partial charge on any atom is 0.0873 e. The van der Waals surface area contributed by atoms with Crippen LogP contribution in [0.5, 0.6) is 0 Å². The highest BCUT2D eigenvalue weighted by molar-refractivity contribution is 5.95. The molecule has 1 aliphatic rings. The van der Waals surface area contributed by atoms with Crippen LogP contribution in [-0.4, -0.2) is 9.97 Å². The molecule has 3 aromatic rings. The predicted molar refractivity (Wildman–Crippen MR) is 88.3 cm³/mol. The van der Waals surface area contributed by atoms with Crippen LogP contribution in [-0.2, 0) is 12.8 Å². The number of nitrogens with zero attached hydrogens (tertiary/aromatic N) is 1. The topological polar surface area (TPSA) is 28.7 Å². The first-order chi connectivity index (χ1) is 10.4. The summed E-state index contributed by atoms with van der Waals surface area (Å²) >= 11 is 0. The molecule has 0 atom stereocenters. The second kappa shape index (κ2) is 4.88. The minimum Gasteiger partial charge on any atom is -0.353 e. The van der Waals surface area contributed by atoms with Crippen LogP contribution in [0, 0.1) is 0 Å². The molecule has 1 N–H and O–H groups in total. The molecule has 0 bridgehead atoms. The number of rotatable bonds is 2. The number of para-hydroxylation sites is 1. The zero-order valence-electron chi connectivity index (χ0n) is 12.0. The second-order valence-electron chi connectivity index (χ2n) is 5.71. The lowest BCUT2D eigenvalue weighted by Crippen LogP contribution is -2.04. The summed E-state index contributed by atoms with van der Waals surface area (Å²) in [6, 6.07) is 10.6. The highest BCUT2D eigenvalue weighted by atomic mass is 14.8. The number of pyridine rings is 1. The van der Waals surface area contributed by atoms with Crippen LogP contribution in [0.1, 0.15) is 29.5 Å². The third-order valence-electron chi connectivity index (χ3n) is 4.43. The Labute approximate surface area is 124 Å². The molecule has 0 amide bonds. The lowest BCUT2D eigenvalue weighted by atomic mass is 9.92. The summed E-state index contributed by atoms with van der Waals surface area (Å²) in [7, 11) is 0. The molecule has 21 heavy (non-hydrogen) atoms. The number of benzene rings is 1. The van der Waals surface area contributed by atoms with Gasteiger partial charge < -0.3 is 4.98 Å². The van der Waals surface area contributed by atoms with Gasteiger partial charge >= 0.3 is 0 Å². The third-order valence-corrected chi connectivity index (χ3v) is 4.43. The highest BCUT2D eigenvalue weighted by Crippen LogP contribution is 2.32. The molecule has 104 valence electrons. The van der Waals surface area contributed by atoms with Gasteiger partial charge in [-0.25, -0.2) is 0 Å². The molecule has 0 fully saturated rings. The molecule has 2 nitrogen and oxygen atoms in total. The van der Waals surface area contributed by atoms with Crippen molar-refractivity contribution in [2.24, 2.45) is 0 Å². The van der Waals surface area contributed by atoms with Gasteiger partial charge in [0, 0.05) is 22.7 Å². The summed E-state index contributed by atoms with van der Waals surface area (Å²) in [6.07, 6.45) is 8.91. The van der Waals surface area contributed by atoms with Gasteiger partial charge in [-0.1, -0.05) is 30.9 Å². The summed E-state index contributed by atoms with van der Waals surface area (Å²) < 4.78 is 0. The lowest BCUT2D eigenvalue weighted by Gasteiger charge is -2.15. The zero-order chi connectivity index (χ0) is 14.2. The largest absolute Gasteiger partial charge is 0.353 e. The van der Waals surface area contributed by atoms with Gasteiger partial charge in [0.25, 0.3) is 0 Å². The smallest absolute Gasteiger partial charge is 0.0873 e. The fraction of sp³-hybridized carbons (Fsp3) is 0.211. The Morgan fingerprint density at radius 1 is 1.10 bits per heavy atom. The summed E-state index contributed by atoms with van der Waals surface area (Å²) in [5.74, 6) is 0. The zero-order valence-corrected chi connectivity index (χ0v) is 12.0. The summed E-state index contributed by atoms with van der Waals surface area (Å²) in [6.45, 7) is 3.98. The van der Waals surface area contributed by atoms with E-state index in [9.17, 15) is 0 Å². The van der Waals surface area contributed by atoms with E-state index in [1.165, 1.54) is 42.2 Å². The molecule has 1 aromatic carbocycles. The van der Waals surface area contributed by atoms with E-state index in [4.69, 9.17) is 0 Å². The fourth-order valence-corrected chi connectivity index (χ4v) is 3.33. The van der Waals surface area contributed by atoms with Gasteiger partial charge in [-0.15, -0.1) is 0 Å². The molecular weight excluding hydrogens is 256 g/mol. The Bertz CT molecular complexity index is 827. The molecule has 1 aliphatic carbocycles. The second-order valence-corrected chi connectivity index (χ2v) is 5.71. The fourth-order valence-electron chi connectivity index (χ4n) is 3.33. The Morgan fingerprint density at radius 2 is 1.90 bits per heavy atom. The van der Waals surface area contributed by atoms with E-state index in [1.54, 1.807) is 0 Å². The molecule has 2 heteroatoms. The molecule has 0 radical (unpaired) electrons. The summed E-state index contributed by atoms with van der Waals surface area (Å²) in [4.78, 5) is 8.19. The predicted octanol–water partition coefficient (Wildman–Crippen LogP) is 4.75. The number of aryl methyl sites for hydroxylation is 2. The third kappa shape index (κ3) is 1.99. The minimum atomic E-state index is 1.03. The Morgan fingerprint density at radius 3 is 2.76 bits per heavy atom. The van der Waals surface area contributed by atoms with E-state index in [1.807, 2.05) is 6.08 Å². The van der Waals surface area contributed by atoms with Crippen molar-refractivity contribution in [3.63, 3.8) is 0 Å². The van der Waals surface area contributed by atoms with Crippen LogP contribution in [0.15, 0.2) is 43.1 Å². The Hall–Kier alpha value is -2.35. The summed E-state index contributed by atoms with van der Waals surface area (Å²) in [5.41, 5.74) is 7.28. The minimum absolute atomic E-state index is 1.03. The van der Waals surface area contributed by atoms with Crippen LogP contribution in [0.2, 0.25) is 0 Å². The van der Waals surface area contributed by atoms with E-state index in [-0.39, 0.29) is 0 Å². The van der Waals surface area contributed by atoms with Crippen LogP contribution < -0.4 is 0 Å². The average molecular weight is 274 g/mol. The van der Waals surface area contributed by atoms with E-state index < -0.39 is 0 Å². The molecule has 0 saturated heterocycles. The van der Waals surface area contributed by atoms with Crippen molar-refractivity contribution in [1.29, 1.82) is 0 Å². The van der Waals surface area contributed by atoms with Gasteiger partial charge in [-0.3, -0.25) is 4.98 Å². The molecule has 2 heterocycles. The number of nitrogens with one attached hydrogen (secondary N) is 1. The van der Waals surface area contributed by atoms with Gasteiger partial charge in [0.1, 0.15) is 0 Å². The van der Waals surface area contributed by atoms with Crippen molar-refractivity contribution in [3.8, 4) is 11.4 Å². The molecule has 4 rings (SSSR count). The van der Waals surface area contributed by atoms with Crippen LogP contribution in [0.25, 0.3) is 28.4 Å². The molecule has 0 spiro atoms. The SMILES string of the molecule is C=Cc1c(-c2cc3c(cn2)CCCC3)[nH]c2ccccc12. The van der Waals surface area contributed by atoms with Crippen molar-refractivity contribution >= 4 is 17.0 Å². The molecule has 0 unspecified atom stereocenters. The van der Waals surface area contributed by atoms with Crippen molar-refractivity contribution < 1.29 is 0 Å². The Kier molecular flexibility index (Phi) is 2.88. The van der Waals surface area contributed by atoms with Crippen LogP contribution in [0.3, 0.4) is 0 Å². The first-order valence-corrected chi connectivity index (χ1v) is 7.58. The Balaban J connectivity index is 1.91. The quantitative estimate of drug-likeness (QED) is 0.717. The summed E-state index contributed by atoms with van der Waals surface area (Å²) in [5, 5.41) is 1.21.